The van der Waals surface area contributed by atoms with Crippen molar-refractivity contribution in [2.45, 2.75) is 51.1 Å². The molecule has 0 aliphatic carbocycles. The summed E-state index contributed by atoms with van der Waals surface area (Å²) in [6.07, 6.45) is 12.8. The maximum Gasteiger partial charge on any atom is 0.142 e. The summed E-state index contributed by atoms with van der Waals surface area (Å²) in [4.78, 5) is 19.8. The van der Waals surface area contributed by atoms with Crippen LogP contribution in [0.1, 0.15) is 55.0 Å². The Labute approximate surface area is 267 Å². The lowest BCUT2D eigenvalue weighted by Crippen LogP contribution is -2.13. The average molecular weight is 605 g/mol. The van der Waals surface area contributed by atoms with Crippen molar-refractivity contribution >= 4 is 30.8 Å². The number of hydrogen-bond donors (Lipinski definition) is 2. The minimum atomic E-state index is -0.315. The monoisotopic (exact) mass is 604 g/mol. The molecule has 1 aliphatic heterocycles. The molecule has 0 radical (unpaired) electrons. The molecule has 5 heteroatoms. The quantitative estimate of drug-likeness (QED) is 0.108. The summed E-state index contributed by atoms with van der Waals surface area (Å²) in [5.74, 6) is 0. The average Bonchev–Trinajstić information content (AvgIpc) is 3.92. The van der Waals surface area contributed by atoms with Gasteiger partial charge in [-0.3, -0.25) is 9.59 Å². The van der Waals surface area contributed by atoms with Crippen molar-refractivity contribution in [3.63, 3.8) is 0 Å². The summed E-state index contributed by atoms with van der Waals surface area (Å²) in [6, 6.07) is 39.4. The van der Waals surface area contributed by atoms with Gasteiger partial charge in [-0.25, -0.2) is 0 Å². The van der Waals surface area contributed by atoms with Crippen LogP contribution in [0.5, 0.6) is 0 Å². The lowest BCUT2D eigenvalue weighted by atomic mass is 10.1. The SMILES string of the molecule is CC[C@H](O)/C=C/c1ccccc1.CC[C@H](O)[C@H]1O[C@H]1c1ccccc1.O=C/C=C/c1ccccc1.O=C/C=C\c1ccccc1. The molecule has 2 N–H and O–H groups in total. The first-order valence-electron chi connectivity index (χ1n) is 15.2. The maximum absolute atomic E-state index is 9.89. The van der Waals surface area contributed by atoms with Crippen molar-refractivity contribution in [2.24, 2.45) is 0 Å². The predicted molar refractivity (Wildman–Crippen MR) is 185 cm³/mol. The molecule has 45 heavy (non-hydrogen) atoms. The Morgan fingerprint density at radius 2 is 1.00 bits per heavy atom. The van der Waals surface area contributed by atoms with Crippen molar-refractivity contribution in [1.29, 1.82) is 0 Å². The highest BCUT2D eigenvalue weighted by atomic mass is 16.6. The second-order valence-corrected chi connectivity index (χ2v) is 9.96. The number of aliphatic hydroxyl groups is 2. The standard InChI is InChI=1S/C11H14O2.C11H14O.2C9H8O/c1-2-9(12)11-10(13-11)8-6-4-3-5-7-8;1-2-11(12)9-8-10-6-4-3-5-7-10;2*10-8-4-7-9-5-2-1-3-6-9/h3-7,9-12H,2H2,1H3;3-9,11-12H,2H2,1H3;2*1-8H/b;9-8+;7-4+;7-4-/t9-,10-,11+;11-;;/m00../s1. The molecule has 0 bridgehead atoms. The smallest absolute Gasteiger partial charge is 0.142 e. The molecule has 0 unspecified atom stereocenters. The van der Waals surface area contributed by atoms with Gasteiger partial charge in [0.05, 0.1) is 12.2 Å². The van der Waals surface area contributed by atoms with Gasteiger partial charge in [0.1, 0.15) is 24.8 Å². The summed E-state index contributed by atoms with van der Waals surface area (Å²) in [5.41, 5.74) is 4.40. The summed E-state index contributed by atoms with van der Waals surface area (Å²) in [5, 5.41) is 18.7. The zero-order chi connectivity index (χ0) is 32.5. The molecule has 4 aromatic carbocycles. The van der Waals surface area contributed by atoms with E-state index in [-0.39, 0.29) is 24.4 Å². The van der Waals surface area contributed by atoms with Gasteiger partial charge in [-0.2, -0.15) is 0 Å². The maximum atomic E-state index is 9.89. The van der Waals surface area contributed by atoms with Crippen LogP contribution in [-0.4, -0.2) is 41.1 Å². The number of aliphatic hydroxyl groups excluding tert-OH is 2. The Kier molecular flexibility index (Phi) is 18.5. The number of allylic oxidation sites excluding steroid dienone is 2. The molecular formula is C40H44O5. The molecule has 234 valence electrons. The van der Waals surface area contributed by atoms with Crippen LogP contribution >= 0.6 is 0 Å². The van der Waals surface area contributed by atoms with Gasteiger partial charge in [0.15, 0.2) is 0 Å². The van der Waals surface area contributed by atoms with E-state index < -0.39 is 0 Å². The number of epoxide rings is 1. The first-order valence-corrected chi connectivity index (χ1v) is 15.2. The van der Waals surface area contributed by atoms with Gasteiger partial charge in [0, 0.05) is 0 Å². The second-order valence-electron chi connectivity index (χ2n) is 9.96. The van der Waals surface area contributed by atoms with Crippen LogP contribution in [0.25, 0.3) is 18.2 Å². The number of benzene rings is 4. The van der Waals surface area contributed by atoms with E-state index in [4.69, 9.17) is 4.74 Å². The van der Waals surface area contributed by atoms with Crippen LogP contribution in [0.15, 0.2) is 140 Å². The van der Waals surface area contributed by atoms with Gasteiger partial charge in [-0.05, 0) is 47.2 Å². The number of rotatable bonds is 10. The zero-order valence-corrected chi connectivity index (χ0v) is 26.0. The van der Waals surface area contributed by atoms with Crippen LogP contribution in [-0.2, 0) is 14.3 Å². The van der Waals surface area contributed by atoms with Crippen LogP contribution in [0, 0.1) is 0 Å². The summed E-state index contributed by atoms with van der Waals surface area (Å²) >= 11 is 0. The topological polar surface area (TPSA) is 87.1 Å². The van der Waals surface area contributed by atoms with Crippen molar-refractivity contribution in [3.05, 3.63) is 162 Å². The Morgan fingerprint density at radius 3 is 1.38 bits per heavy atom. The second kappa shape index (κ2) is 22.8. The lowest BCUT2D eigenvalue weighted by molar-refractivity contribution is -0.104. The highest BCUT2D eigenvalue weighted by Crippen LogP contribution is 2.41. The van der Waals surface area contributed by atoms with E-state index in [1.807, 2.05) is 147 Å². The third-order valence-electron chi connectivity index (χ3n) is 6.51. The molecule has 1 heterocycles. The van der Waals surface area contributed by atoms with Gasteiger partial charge >= 0.3 is 0 Å². The molecule has 0 spiro atoms. The summed E-state index contributed by atoms with van der Waals surface area (Å²) < 4.78 is 5.41. The Morgan fingerprint density at radius 1 is 0.600 bits per heavy atom. The molecule has 4 atom stereocenters. The molecule has 0 amide bonds. The molecule has 5 nitrogen and oxygen atoms in total. The summed E-state index contributed by atoms with van der Waals surface area (Å²) in [6.45, 7) is 3.92. The van der Waals surface area contributed by atoms with Gasteiger partial charge < -0.3 is 14.9 Å². The van der Waals surface area contributed by atoms with Crippen LogP contribution in [0.3, 0.4) is 0 Å². The Hall–Kier alpha value is -4.68. The van der Waals surface area contributed by atoms with Gasteiger partial charge in [0.25, 0.3) is 0 Å². The molecule has 1 saturated heterocycles. The highest BCUT2D eigenvalue weighted by molar-refractivity contribution is 5.74. The third kappa shape index (κ3) is 16.1. The van der Waals surface area contributed by atoms with E-state index in [1.54, 1.807) is 12.2 Å². The molecule has 0 saturated carbocycles. The van der Waals surface area contributed by atoms with E-state index >= 15 is 0 Å². The molecule has 1 fully saturated rings. The Balaban J connectivity index is 0.000000210. The largest absolute Gasteiger partial charge is 0.390 e. The van der Waals surface area contributed by atoms with Crippen LogP contribution in [0.2, 0.25) is 0 Å². The minimum Gasteiger partial charge on any atom is -0.390 e. The van der Waals surface area contributed by atoms with Crippen LogP contribution < -0.4 is 0 Å². The number of aldehydes is 2. The first kappa shape index (κ1) is 36.5. The predicted octanol–water partition coefficient (Wildman–Crippen LogP) is 8.17. The fraction of sp³-hybridized carbons (Fsp3) is 0.200. The molecule has 0 aromatic heterocycles. The van der Waals surface area contributed by atoms with Crippen LogP contribution in [0.4, 0.5) is 0 Å². The van der Waals surface area contributed by atoms with Crippen molar-refractivity contribution < 1.29 is 24.5 Å². The van der Waals surface area contributed by atoms with Crippen molar-refractivity contribution in [2.75, 3.05) is 0 Å². The Bertz CT molecular complexity index is 1350. The lowest BCUT2D eigenvalue weighted by Gasteiger charge is -2.01. The highest BCUT2D eigenvalue weighted by Gasteiger charge is 2.44. The molecule has 4 aromatic rings. The molecule has 1 aliphatic rings. The van der Waals surface area contributed by atoms with E-state index in [9.17, 15) is 19.8 Å². The van der Waals surface area contributed by atoms with E-state index in [0.717, 1.165) is 42.1 Å². The normalized spacial score (nSPS) is 16.3. The number of hydrogen-bond acceptors (Lipinski definition) is 5. The fourth-order valence-electron chi connectivity index (χ4n) is 3.91. The van der Waals surface area contributed by atoms with Gasteiger partial charge in [-0.1, -0.05) is 159 Å². The van der Waals surface area contributed by atoms with E-state index in [1.165, 1.54) is 17.7 Å². The molecular weight excluding hydrogens is 560 g/mol. The third-order valence-corrected chi connectivity index (χ3v) is 6.51. The van der Waals surface area contributed by atoms with Crippen molar-refractivity contribution in [1.82, 2.24) is 0 Å². The molecule has 5 rings (SSSR count). The van der Waals surface area contributed by atoms with E-state index in [2.05, 4.69) is 0 Å². The van der Waals surface area contributed by atoms with Gasteiger partial charge in [0.2, 0.25) is 0 Å². The number of ether oxygens (including phenoxy) is 1. The fourth-order valence-corrected chi connectivity index (χ4v) is 3.91. The van der Waals surface area contributed by atoms with E-state index in [0.29, 0.717) is 0 Å². The first-order chi connectivity index (χ1) is 22.0. The van der Waals surface area contributed by atoms with Gasteiger partial charge in [-0.15, -0.1) is 0 Å². The zero-order valence-electron chi connectivity index (χ0n) is 26.0. The minimum absolute atomic E-state index is 0.0207. The number of carbonyl (C=O) groups excluding carboxylic acids is 2. The summed E-state index contributed by atoms with van der Waals surface area (Å²) in [7, 11) is 0. The number of carbonyl (C=O) groups is 2. The van der Waals surface area contributed by atoms with Crippen molar-refractivity contribution in [3.8, 4) is 0 Å².